The maximum absolute atomic E-state index is 12.7. The number of likely N-dealkylation sites (tertiary alicyclic amines) is 1. The lowest BCUT2D eigenvalue weighted by molar-refractivity contribution is -0.116. The summed E-state index contributed by atoms with van der Waals surface area (Å²) in [6.07, 6.45) is 2.89. The summed E-state index contributed by atoms with van der Waals surface area (Å²) in [4.78, 5) is 25.9. The first-order chi connectivity index (χ1) is 10.0. The van der Waals surface area contributed by atoms with Crippen molar-refractivity contribution < 1.29 is 9.59 Å². The summed E-state index contributed by atoms with van der Waals surface area (Å²) >= 11 is 0. The summed E-state index contributed by atoms with van der Waals surface area (Å²) in [5, 5.41) is 2.84. The number of fused-ring (bicyclic) bond motifs is 1. The minimum absolute atomic E-state index is 0.0419. The second-order valence-electron chi connectivity index (χ2n) is 6.05. The number of hydrogen-bond donors (Lipinski definition) is 2. The van der Waals surface area contributed by atoms with Gasteiger partial charge in [-0.15, -0.1) is 0 Å². The fourth-order valence-corrected chi connectivity index (χ4v) is 3.19. The molecule has 2 heterocycles. The second-order valence-corrected chi connectivity index (χ2v) is 6.05. The van der Waals surface area contributed by atoms with E-state index < -0.39 is 0 Å². The molecule has 0 aliphatic carbocycles. The molecule has 3 N–H and O–H groups in total. The number of nitrogens with zero attached hydrogens (tertiary/aromatic N) is 1. The van der Waals surface area contributed by atoms with E-state index in [1.807, 2.05) is 17.0 Å². The molecule has 5 heteroatoms. The van der Waals surface area contributed by atoms with E-state index in [4.69, 9.17) is 5.73 Å². The Morgan fingerprint density at radius 2 is 2.19 bits per heavy atom. The zero-order valence-electron chi connectivity index (χ0n) is 12.3. The van der Waals surface area contributed by atoms with E-state index >= 15 is 0 Å². The SMILES string of the molecule is CC1CC(N)CCN1C(=O)c1ccc2c(c1)CCC(=O)N2. The van der Waals surface area contributed by atoms with Crippen LogP contribution in [-0.2, 0) is 11.2 Å². The highest BCUT2D eigenvalue weighted by Gasteiger charge is 2.28. The number of benzene rings is 1. The van der Waals surface area contributed by atoms with Crippen LogP contribution in [0, 0.1) is 0 Å². The molecule has 2 aliphatic rings. The standard InChI is InChI=1S/C16H21N3O2/c1-10-8-13(17)6-7-19(10)16(21)12-2-4-14-11(9-12)3-5-15(20)18-14/h2,4,9-10,13H,3,5-8,17H2,1H3,(H,18,20). The minimum atomic E-state index is 0.0419. The first-order valence-electron chi connectivity index (χ1n) is 7.54. The number of amides is 2. The van der Waals surface area contributed by atoms with Gasteiger partial charge in [0, 0.05) is 36.3 Å². The van der Waals surface area contributed by atoms with Crippen LogP contribution < -0.4 is 11.1 Å². The Labute approximate surface area is 124 Å². The van der Waals surface area contributed by atoms with Crippen molar-refractivity contribution in [2.75, 3.05) is 11.9 Å². The molecule has 5 nitrogen and oxygen atoms in total. The molecule has 2 unspecified atom stereocenters. The van der Waals surface area contributed by atoms with Gasteiger partial charge < -0.3 is 16.0 Å². The Bertz CT molecular complexity index is 585. The lowest BCUT2D eigenvalue weighted by Gasteiger charge is -2.36. The highest BCUT2D eigenvalue weighted by atomic mass is 16.2. The topological polar surface area (TPSA) is 75.4 Å². The molecular formula is C16H21N3O2. The number of aryl methyl sites for hydroxylation is 1. The van der Waals surface area contributed by atoms with Gasteiger partial charge in [0.2, 0.25) is 5.91 Å². The van der Waals surface area contributed by atoms with Crippen molar-refractivity contribution in [2.45, 2.75) is 44.7 Å². The van der Waals surface area contributed by atoms with Gasteiger partial charge in [0.25, 0.3) is 5.91 Å². The Morgan fingerprint density at radius 1 is 1.38 bits per heavy atom. The van der Waals surface area contributed by atoms with Crippen molar-refractivity contribution in [3.8, 4) is 0 Å². The van der Waals surface area contributed by atoms with Gasteiger partial charge >= 0.3 is 0 Å². The number of rotatable bonds is 1. The quantitative estimate of drug-likeness (QED) is 0.822. The Hall–Kier alpha value is -1.88. The van der Waals surface area contributed by atoms with Crippen LogP contribution in [0.5, 0.6) is 0 Å². The van der Waals surface area contributed by atoms with Crippen LogP contribution in [-0.4, -0.2) is 35.3 Å². The van der Waals surface area contributed by atoms with Gasteiger partial charge in [-0.1, -0.05) is 0 Å². The monoisotopic (exact) mass is 287 g/mol. The van der Waals surface area contributed by atoms with E-state index in [9.17, 15) is 9.59 Å². The van der Waals surface area contributed by atoms with E-state index in [2.05, 4.69) is 12.2 Å². The smallest absolute Gasteiger partial charge is 0.254 e. The van der Waals surface area contributed by atoms with E-state index in [1.54, 1.807) is 6.07 Å². The van der Waals surface area contributed by atoms with Gasteiger partial charge in [-0.05, 0) is 49.9 Å². The van der Waals surface area contributed by atoms with E-state index in [0.29, 0.717) is 18.4 Å². The number of anilines is 1. The van der Waals surface area contributed by atoms with Crippen LogP contribution in [0.3, 0.4) is 0 Å². The molecule has 0 spiro atoms. The predicted molar refractivity (Wildman–Crippen MR) is 81.1 cm³/mol. The van der Waals surface area contributed by atoms with Gasteiger partial charge in [-0.3, -0.25) is 9.59 Å². The first kappa shape index (κ1) is 14.1. The van der Waals surface area contributed by atoms with Gasteiger partial charge in [-0.2, -0.15) is 0 Å². The summed E-state index contributed by atoms with van der Waals surface area (Å²) in [7, 11) is 0. The lowest BCUT2D eigenvalue weighted by Crippen LogP contribution is -2.48. The molecule has 0 radical (unpaired) electrons. The number of nitrogens with one attached hydrogen (secondary N) is 1. The molecule has 2 amide bonds. The van der Waals surface area contributed by atoms with Crippen molar-refractivity contribution >= 4 is 17.5 Å². The third-order valence-corrected chi connectivity index (χ3v) is 4.43. The van der Waals surface area contributed by atoms with Crippen LogP contribution in [0.2, 0.25) is 0 Å². The minimum Gasteiger partial charge on any atom is -0.336 e. The van der Waals surface area contributed by atoms with E-state index in [0.717, 1.165) is 30.6 Å². The van der Waals surface area contributed by atoms with Crippen LogP contribution in [0.4, 0.5) is 5.69 Å². The molecular weight excluding hydrogens is 266 g/mol. The van der Waals surface area contributed by atoms with Crippen LogP contribution >= 0.6 is 0 Å². The largest absolute Gasteiger partial charge is 0.336 e. The molecule has 0 bridgehead atoms. The normalized spacial score (nSPS) is 25.2. The van der Waals surface area contributed by atoms with Crippen molar-refractivity contribution in [1.82, 2.24) is 4.90 Å². The number of nitrogens with two attached hydrogens (primary N) is 1. The third-order valence-electron chi connectivity index (χ3n) is 4.43. The first-order valence-corrected chi connectivity index (χ1v) is 7.54. The van der Waals surface area contributed by atoms with E-state index in [-0.39, 0.29) is 23.9 Å². The molecule has 112 valence electrons. The highest BCUT2D eigenvalue weighted by molar-refractivity contribution is 5.98. The van der Waals surface area contributed by atoms with Crippen molar-refractivity contribution in [3.05, 3.63) is 29.3 Å². The molecule has 1 aromatic rings. The fourth-order valence-electron chi connectivity index (χ4n) is 3.19. The van der Waals surface area contributed by atoms with Crippen molar-refractivity contribution in [2.24, 2.45) is 5.73 Å². The lowest BCUT2D eigenvalue weighted by atomic mass is 9.96. The Balaban J connectivity index is 1.80. The average Bonchev–Trinajstić information content (AvgIpc) is 2.46. The van der Waals surface area contributed by atoms with Gasteiger partial charge in [-0.25, -0.2) is 0 Å². The van der Waals surface area contributed by atoms with Gasteiger partial charge in [0.05, 0.1) is 0 Å². The zero-order chi connectivity index (χ0) is 15.0. The molecule has 21 heavy (non-hydrogen) atoms. The average molecular weight is 287 g/mol. The third kappa shape index (κ3) is 2.78. The number of carbonyl (C=O) groups is 2. The van der Waals surface area contributed by atoms with Gasteiger partial charge in [0.1, 0.15) is 0 Å². The molecule has 0 aromatic heterocycles. The van der Waals surface area contributed by atoms with Crippen LogP contribution in [0.15, 0.2) is 18.2 Å². The molecule has 3 rings (SSSR count). The highest BCUT2D eigenvalue weighted by Crippen LogP contribution is 2.25. The maximum Gasteiger partial charge on any atom is 0.254 e. The molecule has 1 saturated heterocycles. The summed E-state index contributed by atoms with van der Waals surface area (Å²) in [5.74, 6) is 0.106. The Morgan fingerprint density at radius 3 is 2.95 bits per heavy atom. The molecule has 1 aromatic carbocycles. The molecule has 2 atom stereocenters. The van der Waals surface area contributed by atoms with Crippen molar-refractivity contribution in [1.29, 1.82) is 0 Å². The zero-order valence-corrected chi connectivity index (χ0v) is 12.3. The maximum atomic E-state index is 12.7. The molecule has 2 aliphatic heterocycles. The molecule has 1 fully saturated rings. The Kier molecular flexibility index (Phi) is 3.68. The van der Waals surface area contributed by atoms with Crippen LogP contribution in [0.25, 0.3) is 0 Å². The number of hydrogen-bond acceptors (Lipinski definition) is 3. The summed E-state index contributed by atoms with van der Waals surface area (Å²) < 4.78 is 0. The summed E-state index contributed by atoms with van der Waals surface area (Å²) in [5.41, 5.74) is 8.53. The molecule has 0 saturated carbocycles. The number of carbonyl (C=O) groups excluding carboxylic acids is 2. The van der Waals surface area contributed by atoms with Gasteiger partial charge in [0.15, 0.2) is 0 Å². The predicted octanol–water partition coefficient (Wildman–Crippen LogP) is 1.52. The summed E-state index contributed by atoms with van der Waals surface area (Å²) in [6, 6.07) is 5.92. The van der Waals surface area contributed by atoms with Crippen LogP contribution in [0.1, 0.15) is 42.1 Å². The second kappa shape index (κ2) is 5.48. The van der Waals surface area contributed by atoms with E-state index in [1.165, 1.54) is 0 Å². The fraction of sp³-hybridized carbons (Fsp3) is 0.500. The number of piperidine rings is 1. The summed E-state index contributed by atoms with van der Waals surface area (Å²) in [6.45, 7) is 2.77. The van der Waals surface area contributed by atoms with Crippen molar-refractivity contribution in [3.63, 3.8) is 0 Å².